The average molecular weight is 399 g/mol. The Morgan fingerprint density at radius 1 is 1.10 bits per heavy atom. The van der Waals surface area contributed by atoms with Gasteiger partial charge in [-0.15, -0.1) is 0 Å². The van der Waals surface area contributed by atoms with Crippen molar-refractivity contribution in [3.63, 3.8) is 0 Å². The molecule has 150 valence electrons. The normalized spacial score (nSPS) is 10.7. The summed E-state index contributed by atoms with van der Waals surface area (Å²) in [6, 6.07) is 10.5. The molecule has 2 aromatic carbocycles. The molecule has 3 aromatic rings. The molecule has 0 fully saturated rings. The topological polar surface area (TPSA) is 96.6 Å². The molecule has 1 heterocycles. The number of hydrogen-bond acceptors (Lipinski definition) is 6. The van der Waals surface area contributed by atoms with E-state index in [9.17, 15) is 14.5 Å². The third-order valence-electron chi connectivity index (χ3n) is 3.91. The minimum absolute atomic E-state index is 0.0575. The molecule has 9 heteroatoms. The Bertz CT molecular complexity index is 1040. The first-order valence-electron chi connectivity index (χ1n) is 8.77. The lowest BCUT2D eigenvalue weighted by Crippen LogP contribution is -2.07. The van der Waals surface area contributed by atoms with Crippen molar-refractivity contribution in [3.8, 4) is 22.8 Å². The van der Waals surface area contributed by atoms with Crippen LogP contribution >= 0.6 is 0 Å². The minimum Gasteiger partial charge on any atom is -0.490 e. The quantitative estimate of drug-likeness (QED) is 0.560. The predicted molar refractivity (Wildman–Crippen MR) is 105 cm³/mol. The van der Waals surface area contributed by atoms with E-state index in [-0.39, 0.29) is 22.5 Å². The number of ether oxygens (including phenoxy) is 2. The van der Waals surface area contributed by atoms with Crippen molar-refractivity contribution in [2.45, 2.75) is 20.0 Å². The Kier molecular flexibility index (Phi) is 5.87. The fraction of sp³-hybridized carbons (Fsp3) is 0.200. The Labute approximate surface area is 166 Å². The van der Waals surface area contributed by atoms with Crippen LogP contribution in [0.1, 0.15) is 13.8 Å². The Morgan fingerprint density at radius 3 is 2.59 bits per heavy atom. The lowest BCUT2D eigenvalue weighted by molar-refractivity contribution is -0.730. The van der Waals surface area contributed by atoms with Gasteiger partial charge in [0.2, 0.25) is 5.75 Å². The summed E-state index contributed by atoms with van der Waals surface area (Å²) in [5.74, 6) is 0.618. The third kappa shape index (κ3) is 4.75. The molecule has 0 saturated heterocycles. The average Bonchev–Trinajstić information content (AvgIpc) is 2.67. The zero-order valence-electron chi connectivity index (χ0n) is 16.1. The van der Waals surface area contributed by atoms with E-state index in [1.165, 1.54) is 37.7 Å². The summed E-state index contributed by atoms with van der Waals surface area (Å²) in [4.78, 5) is 19.5. The van der Waals surface area contributed by atoms with E-state index in [1.54, 1.807) is 18.2 Å². The van der Waals surface area contributed by atoms with Crippen LogP contribution in [0.4, 0.5) is 21.6 Å². The van der Waals surface area contributed by atoms with E-state index in [1.807, 2.05) is 13.8 Å². The molecule has 0 amide bonds. The highest BCUT2D eigenvalue weighted by molar-refractivity contribution is 5.71. The molecule has 0 aliphatic rings. The molecule has 0 saturated carbocycles. The van der Waals surface area contributed by atoms with Gasteiger partial charge in [-0.2, -0.15) is 0 Å². The second-order valence-corrected chi connectivity index (χ2v) is 6.38. The molecule has 0 aliphatic carbocycles. The zero-order chi connectivity index (χ0) is 21.0. The smallest absolute Gasteiger partial charge is 0.360 e. The van der Waals surface area contributed by atoms with E-state index in [4.69, 9.17) is 9.47 Å². The van der Waals surface area contributed by atoms with Crippen molar-refractivity contribution in [2.24, 2.45) is 0 Å². The van der Waals surface area contributed by atoms with Crippen LogP contribution in [0.15, 0.2) is 48.8 Å². The summed E-state index contributed by atoms with van der Waals surface area (Å²) in [5.41, 5.74) is 1.58. The first-order chi connectivity index (χ1) is 13.9. The van der Waals surface area contributed by atoms with Gasteiger partial charge >= 0.3 is 5.69 Å². The Hall–Kier alpha value is -3.75. The molecular formula is C20H20FN4O4+. The van der Waals surface area contributed by atoms with Crippen molar-refractivity contribution >= 4 is 17.2 Å². The number of benzene rings is 2. The van der Waals surface area contributed by atoms with Gasteiger partial charge in [-0.1, -0.05) is 0 Å². The van der Waals surface area contributed by atoms with Crippen LogP contribution in [-0.4, -0.2) is 33.3 Å². The van der Waals surface area contributed by atoms with E-state index in [0.717, 1.165) is 0 Å². The highest BCUT2D eigenvalue weighted by Crippen LogP contribution is 2.33. The summed E-state index contributed by atoms with van der Waals surface area (Å²) in [6.07, 6.45) is 1.22. The van der Waals surface area contributed by atoms with E-state index in [0.29, 0.717) is 28.5 Å². The maximum atomic E-state index is 13.7. The van der Waals surface area contributed by atoms with Gasteiger partial charge in [0.15, 0.2) is 0 Å². The number of hydrogen-bond donors (Lipinski definition) is 2. The largest absolute Gasteiger partial charge is 0.490 e. The van der Waals surface area contributed by atoms with Crippen molar-refractivity contribution < 1.29 is 24.0 Å². The van der Waals surface area contributed by atoms with Gasteiger partial charge in [0.1, 0.15) is 23.7 Å². The van der Waals surface area contributed by atoms with Crippen molar-refractivity contribution in [1.29, 1.82) is 0 Å². The van der Waals surface area contributed by atoms with Crippen molar-refractivity contribution in [3.05, 3.63) is 59.5 Å². The van der Waals surface area contributed by atoms with Crippen LogP contribution in [0.25, 0.3) is 11.3 Å². The second-order valence-electron chi connectivity index (χ2n) is 6.38. The Morgan fingerprint density at radius 2 is 1.90 bits per heavy atom. The van der Waals surface area contributed by atoms with Gasteiger partial charge in [-0.05, 0) is 38.1 Å². The fourth-order valence-electron chi connectivity index (χ4n) is 2.70. The molecule has 3 rings (SSSR count). The highest BCUT2D eigenvalue weighted by Gasteiger charge is 2.20. The molecule has 8 nitrogen and oxygen atoms in total. The standard InChI is InChI=1S/C20H20FN4O4/c1-12(2)29-19-8-13(21)4-6-15(19)16-10-20(23-11-22-16)24-14-5-7-18(28-3)17(9-14)25(26)27/h4-12H,1-3H3,(H,26,27)(H,22,23,24)/q+1. The molecule has 2 N–H and O–H groups in total. The summed E-state index contributed by atoms with van der Waals surface area (Å²) in [7, 11) is 1.39. The summed E-state index contributed by atoms with van der Waals surface area (Å²) < 4.78 is 24.4. The molecule has 0 aliphatic heterocycles. The van der Waals surface area contributed by atoms with Crippen LogP contribution in [-0.2, 0) is 0 Å². The molecule has 1 aromatic heterocycles. The number of methoxy groups -OCH3 is 1. The van der Waals surface area contributed by atoms with Crippen LogP contribution < -0.4 is 14.8 Å². The van der Waals surface area contributed by atoms with Gasteiger partial charge in [0.05, 0.1) is 23.8 Å². The van der Waals surface area contributed by atoms with Crippen molar-refractivity contribution in [2.75, 3.05) is 12.4 Å². The summed E-state index contributed by atoms with van der Waals surface area (Å²) in [5, 5.41) is 12.3. The molecule has 29 heavy (non-hydrogen) atoms. The monoisotopic (exact) mass is 399 g/mol. The Balaban J connectivity index is 1.94. The molecule has 0 atom stereocenters. The van der Waals surface area contributed by atoms with Gasteiger partial charge in [-0.3, -0.25) is 0 Å². The van der Waals surface area contributed by atoms with E-state index < -0.39 is 5.82 Å². The summed E-state index contributed by atoms with van der Waals surface area (Å²) in [6.45, 7) is 3.70. The van der Waals surface area contributed by atoms with E-state index in [2.05, 4.69) is 15.3 Å². The fourth-order valence-corrected chi connectivity index (χ4v) is 2.70. The highest BCUT2D eigenvalue weighted by atomic mass is 19.1. The maximum absolute atomic E-state index is 13.7. The lowest BCUT2D eigenvalue weighted by Gasteiger charge is -2.14. The zero-order valence-corrected chi connectivity index (χ0v) is 16.1. The molecule has 0 bridgehead atoms. The van der Waals surface area contributed by atoms with Gasteiger partial charge in [0, 0.05) is 29.4 Å². The number of aromatic nitrogens is 2. The second kappa shape index (κ2) is 8.51. The number of rotatable bonds is 7. The number of halogens is 1. The number of anilines is 2. The van der Waals surface area contributed by atoms with Crippen molar-refractivity contribution in [1.82, 2.24) is 9.97 Å². The maximum Gasteiger partial charge on any atom is 0.360 e. The SMILES string of the molecule is COc1ccc(Nc2cc(-c3ccc(F)cc3OC(C)C)ncn2)cc1[N+](=O)O. The number of nitrogens with zero attached hydrogens (tertiary/aromatic N) is 3. The molecule has 0 unspecified atom stereocenters. The van der Waals surface area contributed by atoms with E-state index >= 15 is 0 Å². The van der Waals surface area contributed by atoms with Crippen LogP contribution in [0.3, 0.4) is 0 Å². The van der Waals surface area contributed by atoms with Gasteiger partial charge < -0.3 is 14.8 Å². The van der Waals surface area contributed by atoms with Crippen LogP contribution in [0, 0.1) is 10.7 Å². The third-order valence-corrected chi connectivity index (χ3v) is 3.91. The molecule has 0 radical (unpaired) electrons. The summed E-state index contributed by atoms with van der Waals surface area (Å²) >= 11 is 0. The lowest BCUT2D eigenvalue weighted by atomic mass is 10.1. The first-order valence-corrected chi connectivity index (χ1v) is 8.77. The molecule has 0 spiro atoms. The molecular weight excluding hydrogens is 379 g/mol. The number of nitrogens with one attached hydrogen (secondary N) is 1. The van der Waals surface area contributed by atoms with Gasteiger partial charge in [-0.25, -0.2) is 19.6 Å². The first kappa shape index (κ1) is 20.0. The van der Waals surface area contributed by atoms with Gasteiger partial charge in [0.25, 0.3) is 4.92 Å². The minimum atomic E-state index is -0.409. The predicted octanol–water partition coefficient (Wildman–Crippen LogP) is 4.62. The van der Waals surface area contributed by atoms with Crippen LogP contribution in [0.2, 0.25) is 0 Å². The van der Waals surface area contributed by atoms with Crippen LogP contribution in [0.5, 0.6) is 11.5 Å².